The van der Waals surface area contributed by atoms with Crippen LogP contribution in [0.2, 0.25) is 0 Å². The van der Waals surface area contributed by atoms with Gasteiger partial charge in [-0.15, -0.1) is 0 Å². The lowest BCUT2D eigenvalue weighted by molar-refractivity contribution is 0.243. The van der Waals surface area contributed by atoms with Crippen LogP contribution in [0.3, 0.4) is 0 Å². The zero-order valence-corrected chi connectivity index (χ0v) is 15.7. The molecule has 6 heteroatoms. The zero-order valence-electron chi connectivity index (χ0n) is 14.8. The van der Waals surface area contributed by atoms with E-state index in [-0.39, 0.29) is 6.10 Å². The van der Waals surface area contributed by atoms with E-state index in [0.717, 1.165) is 34.0 Å². The Morgan fingerprint density at radius 3 is 2.77 bits per heavy atom. The van der Waals surface area contributed by atoms with Crippen LogP contribution < -0.4 is 15.2 Å². The van der Waals surface area contributed by atoms with Gasteiger partial charge < -0.3 is 10.1 Å². The average molecular weight is 366 g/mol. The summed E-state index contributed by atoms with van der Waals surface area (Å²) < 4.78 is 5.91. The summed E-state index contributed by atoms with van der Waals surface area (Å²) >= 11 is 1.30. The summed E-state index contributed by atoms with van der Waals surface area (Å²) in [5, 5.41) is 8.82. The number of ether oxygens (including phenoxy) is 1. The van der Waals surface area contributed by atoms with Gasteiger partial charge in [-0.3, -0.25) is 5.14 Å². The summed E-state index contributed by atoms with van der Waals surface area (Å²) in [5.74, 6) is 2.12. The van der Waals surface area contributed by atoms with Gasteiger partial charge in [0.25, 0.3) is 0 Å². The highest BCUT2D eigenvalue weighted by Crippen LogP contribution is 2.29. The summed E-state index contributed by atoms with van der Waals surface area (Å²) in [6, 6.07) is 17.8. The Hall–Kier alpha value is -2.57. The summed E-state index contributed by atoms with van der Waals surface area (Å²) in [6.07, 6.45) is 1.84. The molecule has 0 atom stereocenters. The van der Waals surface area contributed by atoms with E-state index in [1.807, 2.05) is 68.4 Å². The number of rotatable bonds is 7. The lowest BCUT2D eigenvalue weighted by atomic mass is 10.1. The van der Waals surface area contributed by atoms with Gasteiger partial charge in [0.1, 0.15) is 5.75 Å². The molecule has 0 amide bonds. The molecule has 0 saturated heterocycles. The molecular weight excluding hydrogens is 344 g/mol. The van der Waals surface area contributed by atoms with E-state index in [4.69, 9.17) is 9.88 Å². The second kappa shape index (κ2) is 8.69. The molecule has 26 heavy (non-hydrogen) atoms. The molecule has 0 aliphatic heterocycles. The van der Waals surface area contributed by atoms with E-state index in [0.29, 0.717) is 5.95 Å². The Kier molecular flexibility index (Phi) is 6.09. The van der Waals surface area contributed by atoms with E-state index in [9.17, 15) is 0 Å². The van der Waals surface area contributed by atoms with Crippen LogP contribution in [0, 0.1) is 0 Å². The van der Waals surface area contributed by atoms with E-state index in [1.54, 1.807) is 6.20 Å². The van der Waals surface area contributed by atoms with Crippen LogP contribution in [0.1, 0.15) is 19.4 Å². The summed E-state index contributed by atoms with van der Waals surface area (Å²) in [5.41, 5.74) is 3.84. The first-order valence-corrected chi connectivity index (χ1v) is 9.47. The number of benzene rings is 2. The molecule has 2 aromatic carbocycles. The number of para-hydroxylation sites is 1. The van der Waals surface area contributed by atoms with Crippen molar-refractivity contribution in [3.05, 3.63) is 66.4 Å². The summed E-state index contributed by atoms with van der Waals surface area (Å²) in [6.45, 7) is 4.02. The highest BCUT2D eigenvalue weighted by molar-refractivity contribution is 7.96. The fourth-order valence-electron chi connectivity index (χ4n) is 2.57. The predicted molar refractivity (Wildman–Crippen MR) is 108 cm³/mol. The SMILES string of the molecule is CC(C)Oc1ccccc1-c1ccnc(Nc2cccc(CSN)c2)n1. The molecule has 3 N–H and O–H groups in total. The van der Waals surface area contributed by atoms with Crippen molar-refractivity contribution >= 4 is 23.6 Å². The first-order chi connectivity index (χ1) is 12.7. The third kappa shape index (κ3) is 4.74. The molecular formula is C20H22N4OS. The van der Waals surface area contributed by atoms with Crippen LogP contribution in [-0.2, 0) is 5.75 Å². The first kappa shape index (κ1) is 18.2. The third-order valence-corrected chi connectivity index (χ3v) is 4.11. The maximum atomic E-state index is 5.91. The van der Waals surface area contributed by atoms with Crippen molar-refractivity contribution in [3.63, 3.8) is 0 Å². The van der Waals surface area contributed by atoms with Crippen LogP contribution in [0.15, 0.2) is 60.8 Å². The van der Waals surface area contributed by atoms with Gasteiger partial charge in [-0.25, -0.2) is 9.97 Å². The van der Waals surface area contributed by atoms with Gasteiger partial charge in [-0.05, 0) is 49.7 Å². The Bertz CT molecular complexity index is 870. The molecule has 1 heterocycles. The fourth-order valence-corrected chi connectivity index (χ4v) is 2.94. The lowest BCUT2D eigenvalue weighted by Gasteiger charge is -2.14. The van der Waals surface area contributed by atoms with Crippen LogP contribution in [0.5, 0.6) is 5.75 Å². The van der Waals surface area contributed by atoms with Gasteiger partial charge in [0.05, 0.1) is 11.8 Å². The standard InChI is InChI=1S/C20H22N4OS/c1-14(2)25-19-9-4-3-8-17(19)18-10-11-22-20(24-18)23-16-7-5-6-15(12-16)13-26-21/h3-12,14H,13,21H2,1-2H3,(H,22,23,24). The van der Waals surface area contributed by atoms with Crippen LogP contribution in [-0.4, -0.2) is 16.1 Å². The number of anilines is 2. The van der Waals surface area contributed by atoms with Gasteiger partial charge >= 0.3 is 0 Å². The molecule has 0 radical (unpaired) electrons. The number of nitrogens with one attached hydrogen (secondary N) is 1. The van der Waals surface area contributed by atoms with Crippen molar-refractivity contribution < 1.29 is 4.74 Å². The third-order valence-electron chi connectivity index (χ3n) is 3.61. The van der Waals surface area contributed by atoms with E-state index < -0.39 is 0 Å². The number of aromatic nitrogens is 2. The average Bonchev–Trinajstić information content (AvgIpc) is 2.62. The molecule has 5 nitrogen and oxygen atoms in total. The van der Waals surface area contributed by atoms with Gasteiger partial charge in [-0.1, -0.05) is 36.2 Å². The predicted octanol–water partition coefficient (Wildman–Crippen LogP) is 4.78. The smallest absolute Gasteiger partial charge is 0.227 e. The summed E-state index contributed by atoms with van der Waals surface area (Å²) in [7, 11) is 0. The molecule has 3 aromatic rings. The molecule has 0 spiro atoms. The molecule has 0 unspecified atom stereocenters. The van der Waals surface area contributed by atoms with Crippen molar-refractivity contribution in [2.75, 3.05) is 5.32 Å². The number of hydrogen-bond donors (Lipinski definition) is 2. The quantitative estimate of drug-likeness (QED) is 0.586. The molecule has 134 valence electrons. The van der Waals surface area contributed by atoms with Crippen LogP contribution in [0.4, 0.5) is 11.6 Å². The summed E-state index contributed by atoms with van der Waals surface area (Å²) in [4.78, 5) is 8.98. The molecule has 0 bridgehead atoms. The van der Waals surface area contributed by atoms with Gasteiger partial charge in [0, 0.05) is 23.2 Å². The van der Waals surface area contributed by atoms with Gasteiger partial charge in [-0.2, -0.15) is 0 Å². The van der Waals surface area contributed by atoms with E-state index >= 15 is 0 Å². The molecule has 3 rings (SSSR count). The van der Waals surface area contributed by atoms with Crippen molar-refractivity contribution in [1.82, 2.24) is 9.97 Å². The second-order valence-electron chi connectivity index (χ2n) is 6.06. The maximum absolute atomic E-state index is 5.91. The van der Waals surface area contributed by atoms with Crippen molar-refractivity contribution in [1.29, 1.82) is 0 Å². The second-order valence-corrected chi connectivity index (χ2v) is 6.69. The largest absolute Gasteiger partial charge is 0.490 e. The molecule has 0 fully saturated rings. The van der Waals surface area contributed by atoms with Crippen LogP contribution >= 0.6 is 11.9 Å². The Labute approximate surface area is 158 Å². The molecule has 0 saturated carbocycles. The highest BCUT2D eigenvalue weighted by atomic mass is 32.2. The minimum absolute atomic E-state index is 0.0961. The normalized spacial score (nSPS) is 10.8. The molecule has 0 aliphatic carbocycles. The lowest BCUT2D eigenvalue weighted by Crippen LogP contribution is -2.07. The first-order valence-electron chi connectivity index (χ1n) is 8.42. The number of hydrogen-bond acceptors (Lipinski definition) is 6. The highest BCUT2D eigenvalue weighted by Gasteiger charge is 2.10. The monoisotopic (exact) mass is 366 g/mol. The number of nitrogens with zero attached hydrogens (tertiary/aromatic N) is 2. The van der Waals surface area contributed by atoms with Crippen molar-refractivity contribution in [3.8, 4) is 17.0 Å². The zero-order chi connectivity index (χ0) is 18.4. The molecule has 0 aliphatic rings. The van der Waals surface area contributed by atoms with Gasteiger partial charge in [0.2, 0.25) is 5.95 Å². The van der Waals surface area contributed by atoms with Crippen molar-refractivity contribution in [2.24, 2.45) is 5.14 Å². The minimum atomic E-state index is 0.0961. The topological polar surface area (TPSA) is 73.1 Å². The fraction of sp³-hybridized carbons (Fsp3) is 0.200. The number of nitrogens with two attached hydrogens (primary N) is 1. The van der Waals surface area contributed by atoms with E-state index in [1.165, 1.54) is 11.9 Å². The Morgan fingerprint density at radius 2 is 1.96 bits per heavy atom. The maximum Gasteiger partial charge on any atom is 0.227 e. The van der Waals surface area contributed by atoms with Crippen LogP contribution in [0.25, 0.3) is 11.3 Å². The molecule has 1 aromatic heterocycles. The Morgan fingerprint density at radius 1 is 1.12 bits per heavy atom. The minimum Gasteiger partial charge on any atom is -0.490 e. The van der Waals surface area contributed by atoms with Gasteiger partial charge in [0.15, 0.2) is 0 Å². The Balaban J connectivity index is 1.86. The van der Waals surface area contributed by atoms with Crippen molar-refractivity contribution in [2.45, 2.75) is 25.7 Å². The van der Waals surface area contributed by atoms with E-state index in [2.05, 4.69) is 15.3 Å².